The molecule has 48 heavy (non-hydrogen) atoms. The number of hydrogen-bond acceptors (Lipinski definition) is 0. The lowest BCUT2D eigenvalue weighted by molar-refractivity contribution is 1.23. The fraction of sp³-hybridized carbons (Fsp3) is 0.130. The Morgan fingerprint density at radius 3 is 0.583 bits per heavy atom. The van der Waals surface area contributed by atoms with Gasteiger partial charge in [-0.3, -0.25) is 0 Å². The van der Waals surface area contributed by atoms with Gasteiger partial charge in [0.1, 0.15) is 0 Å². The molecule has 2 heteroatoms. The molecule has 6 rings (SSSR count). The van der Waals surface area contributed by atoms with Crippen molar-refractivity contribution in [3.05, 3.63) is 239 Å². The number of rotatable bonds is 15. The van der Waals surface area contributed by atoms with E-state index in [1.54, 1.807) is 0 Å². The van der Waals surface area contributed by atoms with Crippen LogP contribution in [0, 0.1) is 0 Å². The summed E-state index contributed by atoms with van der Waals surface area (Å²) in [6, 6.07) is 66.8. The highest BCUT2D eigenvalue weighted by Gasteiger charge is 2.38. The molecule has 0 aliphatic heterocycles. The van der Waals surface area contributed by atoms with Gasteiger partial charge in [-0.25, -0.2) is 0 Å². The van der Waals surface area contributed by atoms with Gasteiger partial charge in [0.05, 0.1) is 63.1 Å². The third-order valence-electron chi connectivity index (χ3n) is 8.96. The summed E-state index contributed by atoms with van der Waals surface area (Å²) in [5.41, 5.74) is 8.53. The Hall–Kier alpha value is -4.34. The van der Waals surface area contributed by atoms with Gasteiger partial charge in [-0.05, 0) is 45.5 Å². The van der Waals surface area contributed by atoms with Crippen molar-refractivity contribution in [2.24, 2.45) is 0 Å². The van der Waals surface area contributed by atoms with Crippen molar-refractivity contribution in [1.29, 1.82) is 0 Å². The van der Waals surface area contributed by atoms with Crippen LogP contribution in [0.2, 0.25) is 0 Å². The van der Waals surface area contributed by atoms with Crippen LogP contribution in [0.4, 0.5) is 0 Å². The van der Waals surface area contributed by atoms with Crippen LogP contribution < -0.4 is 0 Å². The molecule has 6 aromatic carbocycles. The molecule has 0 amide bonds. The summed E-state index contributed by atoms with van der Waals surface area (Å²) in [4.78, 5) is 0. The molecule has 0 saturated carbocycles. The van der Waals surface area contributed by atoms with Crippen molar-refractivity contribution < 1.29 is 0 Å². The average molecular weight is 661 g/mol. The van der Waals surface area contributed by atoms with E-state index in [0.29, 0.717) is 0 Å². The Balaban J connectivity index is 1.41. The normalized spacial score (nSPS) is 12.1. The van der Waals surface area contributed by atoms with E-state index in [1.165, 1.54) is 33.4 Å². The van der Waals surface area contributed by atoms with E-state index >= 15 is 0 Å². The predicted octanol–water partition coefficient (Wildman–Crippen LogP) is 13.3. The number of benzene rings is 6. The molecule has 0 saturated heterocycles. The van der Waals surface area contributed by atoms with E-state index in [9.17, 15) is 0 Å². The van der Waals surface area contributed by atoms with Crippen molar-refractivity contribution in [3.8, 4) is 0 Å². The van der Waals surface area contributed by atoms with E-state index in [-0.39, 0.29) is 0 Å². The SMILES string of the molecule is C(C=C[P+](Cc1ccccc1)(Cc1ccccc1)Cc1ccccc1)=C[P+](Cc1ccccc1)(Cc1ccccc1)Cc1ccccc1. The molecule has 0 atom stereocenters. The Morgan fingerprint density at radius 2 is 0.417 bits per heavy atom. The maximum absolute atomic E-state index is 2.64. The molecular weight excluding hydrogens is 614 g/mol. The zero-order valence-electron chi connectivity index (χ0n) is 27.8. The molecule has 0 aromatic heterocycles. The van der Waals surface area contributed by atoms with Gasteiger partial charge in [0.25, 0.3) is 0 Å². The monoisotopic (exact) mass is 660 g/mol. The van der Waals surface area contributed by atoms with Crippen LogP contribution in [0.5, 0.6) is 0 Å². The largest absolute Gasteiger partial charge is 0.0890 e. The lowest BCUT2D eigenvalue weighted by atomic mass is 10.2. The summed E-state index contributed by atoms with van der Waals surface area (Å²) in [6.07, 6.45) is 11.4. The summed E-state index contributed by atoms with van der Waals surface area (Å²) in [6.45, 7) is 0. The summed E-state index contributed by atoms with van der Waals surface area (Å²) >= 11 is 0. The van der Waals surface area contributed by atoms with Crippen molar-refractivity contribution in [1.82, 2.24) is 0 Å². The summed E-state index contributed by atoms with van der Waals surface area (Å²) in [5.74, 6) is 5.28. The summed E-state index contributed by atoms with van der Waals surface area (Å²) in [5, 5.41) is 0. The van der Waals surface area contributed by atoms with Crippen LogP contribution in [-0.4, -0.2) is 0 Å². The van der Waals surface area contributed by atoms with Gasteiger partial charge in [-0.1, -0.05) is 182 Å². The molecule has 0 fully saturated rings. The second-order valence-corrected chi connectivity index (χ2v) is 20.4. The van der Waals surface area contributed by atoms with Crippen LogP contribution in [-0.2, 0) is 37.0 Å². The molecule has 238 valence electrons. The maximum atomic E-state index is 2.64. The molecule has 0 nitrogen and oxygen atoms in total. The molecule has 0 spiro atoms. The van der Waals surface area contributed by atoms with E-state index in [0.717, 1.165) is 37.0 Å². The minimum absolute atomic E-state index is 1.08. The second-order valence-electron chi connectivity index (χ2n) is 13.0. The highest BCUT2D eigenvalue weighted by molar-refractivity contribution is 7.77. The molecule has 0 aliphatic rings. The Morgan fingerprint density at radius 1 is 0.250 bits per heavy atom. The van der Waals surface area contributed by atoms with Crippen LogP contribution in [0.15, 0.2) is 206 Å². The standard InChI is InChI=1S/C46H46P2/c1-7-21-41(22-8-1)35-47(36-42-23-9-2-10-24-42,37-43-25-11-3-12-26-43)33-19-20-34-48(38-44-27-13-4-14-28-44,39-45-29-15-5-16-30-45)40-46-31-17-6-18-32-46/h1-34H,35-40H2/q+2. The molecule has 0 heterocycles. The van der Waals surface area contributed by atoms with Gasteiger partial charge in [-0.15, -0.1) is 0 Å². The second kappa shape index (κ2) is 17.2. The zero-order chi connectivity index (χ0) is 32.7. The van der Waals surface area contributed by atoms with E-state index < -0.39 is 14.5 Å². The van der Waals surface area contributed by atoms with Crippen LogP contribution in [0.1, 0.15) is 33.4 Å². The molecular formula is C46H46P2+2. The number of allylic oxidation sites excluding steroid dienone is 2. The molecule has 0 N–H and O–H groups in total. The molecule has 0 unspecified atom stereocenters. The number of hydrogen-bond donors (Lipinski definition) is 0. The molecule has 0 bridgehead atoms. The van der Waals surface area contributed by atoms with Crippen molar-refractivity contribution >= 4 is 14.5 Å². The van der Waals surface area contributed by atoms with E-state index in [4.69, 9.17) is 0 Å². The van der Waals surface area contributed by atoms with Crippen LogP contribution in [0.25, 0.3) is 0 Å². The van der Waals surface area contributed by atoms with Crippen molar-refractivity contribution in [2.75, 3.05) is 0 Å². The van der Waals surface area contributed by atoms with Crippen LogP contribution in [0.3, 0.4) is 0 Å². The minimum Gasteiger partial charge on any atom is -0.0622 e. The fourth-order valence-corrected chi connectivity index (χ4v) is 14.7. The molecule has 0 radical (unpaired) electrons. The lowest BCUT2D eigenvalue weighted by Crippen LogP contribution is -2.04. The third-order valence-corrected chi connectivity index (χ3v) is 16.5. The topological polar surface area (TPSA) is 0 Å². The van der Waals surface area contributed by atoms with Gasteiger partial charge in [0, 0.05) is 0 Å². The first-order chi connectivity index (χ1) is 23.7. The van der Waals surface area contributed by atoms with E-state index in [2.05, 4.69) is 206 Å². The van der Waals surface area contributed by atoms with Gasteiger partial charge in [0.2, 0.25) is 0 Å². The minimum atomic E-state index is -1.66. The maximum Gasteiger partial charge on any atom is 0.0890 e. The highest BCUT2D eigenvalue weighted by atomic mass is 31.2. The highest BCUT2D eigenvalue weighted by Crippen LogP contribution is 2.69. The fourth-order valence-electron chi connectivity index (χ4n) is 6.80. The van der Waals surface area contributed by atoms with Gasteiger partial charge < -0.3 is 0 Å². The smallest absolute Gasteiger partial charge is 0.0622 e. The predicted molar refractivity (Wildman–Crippen MR) is 213 cm³/mol. The Labute approximate surface area is 289 Å². The summed E-state index contributed by atoms with van der Waals surface area (Å²) in [7, 11) is -3.33. The molecule has 0 aliphatic carbocycles. The first kappa shape index (κ1) is 33.6. The Kier molecular flexibility index (Phi) is 12.0. The van der Waals surface area contributed by atoms with Crippen LogP contribution >= 0.6 is 14.5 Å². The van der Waals surface area contributed by atoms with Crippen molar-refractivity contribution in [2.45, 2.75) is 37.0 Å². The first-order valence-electron chi connectivity index (χ1n) is 17.0. The Bertz CT molecular complexity index is 1490. The van der Waals surface area contributed by atoms with E-state index in [1.807, 2.05) is 0 Å². The van der Waals surface area contributed by atoms with Gasteiger partial charge in [0.15, 0.2) is 0 Å². The quantitative estimate of drug-likeness (QED) is 0.0760. The van der Waals surface area contributed by atoms with Gasteiger partial charge >= 0.3 is 0 Å². The first-order valence-corrected chi connectivity index (χ1v) is 21.8. The third kappa shape index (κ3) is 10.1. The molecule has 6 aromatic rings. The average Bonchev–Trinajstić information content (AvgIpc) is 3.13. The zero-order valence-corrected chi connectivity index (χ0v) is 29.6. The lowest BCUT2D eigenvalue weighted by Gasteiger charge is -2.26. The summed E-state index contributed by atoms with van der Waals surface area (Å²) < 4.78 is 0. The van der Waals surface area contributed by atoms with Gasteiger partial charge in [-0.2, -0.15) is 0 Å². The van der Waals surface area contributed by atoms with Crippen molar-refractivity contribution in [3.63, 3.8) is 0 Å².